The van der Waals surface area contributed by atoms with Crippen molar-refractivity contribution in [3.05, 3.63) is 0 Å². The normalized spacial score (nSPS) is 3.60. The van der Waals surface area contributed by atoms with E-state index in [1.54, 1.807) is 0 Å². The van der Waals surface area contributed by atoms with Crippen LogP contribution in [0.25, 0.3) is 0 Å². The zero-order chi connectivity index (χ0) is 4.71. The molecule has 0 bridgehead atoms. The third kappa shape index (κ3) is 1300. The monoisotopic (exact) mass is 117 g/mol. The second kappa shape index (κ2) is 32.0. The van der Waals surface area contributed by atoms with E-state index in [2.05, 4.69) is 0 Å². The summed E-state index contributed by atoms with van der Waals surface area (Å²) in [6.45, 7) is 4.00. The maximum atomic E-state index is 8.41. The molecule has 0 saturated carbocycles. The average molecular weight is 117 g/mol. The van der Waals surface area contributed by atoms with Crippen molar-refractivity contribution in [3.63, 3.8) is 0 Å². The molecule has 0 unspecified atom stereocenters. The Morgan fingerprint density at radius 1 is 1.20 bits per heavy atom. The van der Waals surface area contributed by atoms with Crippen molar-refractivity contribution >= 4 is 0 Å². The number of rotatable bonds is 0. The van der Waals surface area contributed by atoms with Crippen LogP contribution in [-0.2, 0) is 22.5 Å². The molecule has 0 aromatic heterocycles. The fourth-order valence-electron chi connectivity index (χ4n) is 0. The molecule has 2 nitrogen and oxygen atoms in total. The van der Waals surface area contributed by atoms with Crippen LogP contribution >= 0.6 is 0 Å². The van der Waals surface area contributed by atoms with Gasteiger partial charge in [-0.2, -0.15) is 0 Å². The molecule has 0 aromatic carbocycles. The fraction of sp³-hybridized carbons (Fsp3) is 1.00. The van der Waals surface area contributed by atoms with Crippen LogP contribution in [0.15, 0.2) is 0 Å². The Kier molecular flexibility index (Phi) is 57.1. The van der Waals surface area contributed by atoms with Gasteiger partial charge in [0.2, 0.25) is 0 Å². The van der Waals surface area contributed by atoms with Crippen molar-refractivity contribution < 1.29 is 22.5 Å². The minimum atomic E-state index is -1.44. The van der Waals surface area contributed by atoms with E-state index >= 15 is 0 Å². The van der Waals surface area contributed by atoms with Crippen LogP contribution in [0.4, 0.5) is 0 Å². The fourth-order valence-corrected chi connectivity index (χ4v) is 0. The van der Waals surface area contributed by atoms with Gasteiger partial charge in [0.15, 0.2) is 0 Å². The van der Waals surface area contributed by atoms with E-state index in [1.807, 2.05) is 13.8 Å². The molecule has 0 radical (unpaired) electrons. The van der Waals surface area contributed by atoms with Crippen molar-refractivity contribution in [2.45, 2.75) is 13.8 Å². The van der Waals surface area contributed by atoms with Gasteiger partial charge < -0.3 is 0 Å². The molecule has 0 heterocycles. The van der Waals surface area contributed by atoms with Crippen LogP contribution < -0.4 is 0 Å². The van der Waals surface area contributed by atoms with Crippen molar-refractivity contribution in [2.24, 2.45) is 0 Å². The first-order valence-electron chi connectivity index (χ1n) is 1.31. The molecule has 0 atom stereocenters. The van der Waals surface area contributed by atoms with Gasteiger partial charge in [0.25, 0.3) is 0 Å². The van der Waals surface area contributed by atoms with Crippen molar-refractivity contribution in [3.8, 4) is 0 Å². The van der Waals surface area contributed by atoms with Crippen LogP contribution in [-0.4, -0.2) is 0 Å². The summed E-state index contributed by atoms with van der Waals surface area (Å²) in [7, 11) is 0. The average Bonchev–Trinajstić information content (AvgIpc) is 1.46. The topological polar surface area (TPSA) is 34.1 Å². The molecule has 0 aromatic rings. The van der Waals surface area contributed by atoms with Crippen LogP contribution in [0.5, 0.6) is 0 Å². The Bertz CT molecular complexity index is 28.6. The van der Waals surface area contributed by atoms with Gasteiger partial charge in [0.1, 0.15) is 0 Å². The van der Waals surface area contributed by atoms with Gasteiger partial charge in [0, 0.05) is 0 Å². The van der Waals surface area contributed by atoms with E-state index in [0.717, 1.165) is 0 Å². The van der Waals surface area contributed by atoms with Gasteiger partial charge in [-0.3, -0.25) is 0 Å². The molecule has 0 amide bonds. The Balaban J connectivity index is 0. The summed E-state index contributed by atoms with van der Waals surface area (Å²) in [5, 5.41) is 0. The standard InChI is InChI=1S/C2H6.Mn.2O/c1-2;;;/h1-2H3;;;. The second-order valence-corrected chi connectivity index (χ2v) is 0.260. The van der Waals surface area contributed by atoms with E-state index in [0.29, 0.717) is 0 Å². The van der Waals surface area contributed by atoms with Crippen molar-refractivity contribution in [1.29, 1.82) is 0 Å². The van der Waals surface area contributed by atoms with Crippen LogP contribution in [0.2, 0.25) is 0 Å². The molecule has 0 fully saturated rings. The summed E-state index contributed by atoms with van der Waals surface area (Å²) >= 11 is -1.44. The van der Waals surface area contributed by atoms with Crippen LogP contribution in [0, 0.1) is 0 Å². The Morgan fingerprint density at radius 2 is 1.20 bits per heavy atom. The quantitative estimate of drug-likeness (QED) is 0.439. The zero-order valence-electron chi connectivity index (χ0n) is 3.19. The van der Waals surface area contributed by atoms with Gasteiger partial charge in [-0.15, -0.1) is 0 Å². The summed E-state index contributed by atoms with van der Waals surface area (Å²) in [5.74, 6) is 0. The summed E-state index contributed by atoms with van der Waals surface area (Å²) < 4.78 is 16.8. The minimum absolute atomic E-state index is 1.44. The molecule has 0 aliphatic rings. The Labute approximate surface area is 37.1 Å². The van der Waals surface area contributed by atoms with Gasteiger partial charge in [-0.05, 0) is 0 Å². The van der Waals surface area contributed by atoms with Crippen molar-refractivity contribution in [1.82, 2.24) is 0 Å². The van der Waals surface area contributed by atoms with E-state index in [1.165, 1.54) is 0 Å². The second-order valence-electron chi connectivity index (χ2n) is 0.0630. The Morgan fingerprint density at radius 3 is 1.20 bits per heavy atom. The first-order valence-corrected chi connectivity index (χ1v) is 2.27. The molecule has 0 aliphatic heterocycles. The molecule has 33 valence electrons. The predicted octanol–water partition coefficient (Wildman–Crippen LogP) is 0.786. The van der Waals surface area contributed by atoms with E-state index in [4.69, 9.17) is 7.67 Å². The molecule has 0 aliphatic carbocycles. The summed E-state index contributed by atoms with van der Waals surface area (Å²) in [4.78, 5) is 0. The summed E-state index contributed by atoms with van der Waals surface area (Å²) in [6, 6.07) is 0. The molecule has 0 rings (SSSR count). The van der Waals surface area contributed by atoms with Gasteiger partial charge in [-0.1, -0.05) is 13.8 Å². The predicted molar refractivity (Wildman–Crippen MR) is 12.7 cm³/mol. The van der Waals surface area contributed by atoms with E-state index < -0.39 is 14.8 Å². The zero-order valence-corrected chi connectivity index (χ0v) is 4.37. The summed E-state index contributed by atoms with van der Waals surface area (Å²) in [5.41, 5.74) is 0. The number of hydrogen-bond acceptors (Lipinski definition) is 2. The molecule has 0 spiro atoms. The van der Waals surface area contributed by atoms with Gasteiger partial charge >= 0.3 is 22.5 Å². The molecule has 0 saturated heterocycles. The molecular weight excluding hydrogens is 111 g/mol. The third-order valence-corrected chi connectivity index (χ3v) is 0. The first kappa shape index (κ1) is 8.93. The van der Waals surface area contributed by atoms with Gasteiger partial charge in [-0.25, -0.2) is 0 Å². The Hall–Kier alpha value is 0.119. The van der Waals surface area contributed by atoms with Gasteiger partial charge in [0.05, 0.1) is 0 Å². The maximum absolute atomic E-state index is 8.41. The van der Waals surface area contributed by atoms with Crippen LogP contribution in [0.1, 0.15) is 13.8 Å². The molecule has 5 heavy (non-hydrogen) atoms. The number of hydrogen-bond donors (Lipinski definition) is 0. The van der Waals surface area contributed by atoms with Crippen molar-refractivity contribution in [2.75, 3.05) is 0 Å². The summed E-state index contributed by atoms with van der Waals surface area (Å²) in [6.07, 6.45) is 0. The SMILES string of the molecule is CC.[O]=[Mn]=[O]. The molecular formula is C2H6MnO2. The van der Waals surface area contributed by atoms with E-state index in [9.17, 15) is 0 Å². The van der Waals surface area contributed by atoms with E-state index in [-0.39, 0.29) is 0 Å². The third-order valence-electron chi connectivity index (χ3n) is 0. The molecule has 0 N–H and O–H groups in total. The first-order chi connectivity index (χ1) is 2.41. The van der Waals surface area contributed by atoms with Crippen LogP contribution in [0.3, 0.4) is 0 Å². The molecule has 3 heteroatoms.